The van der Waals surface area contributed by atoms with Gasteiger partial charge in [-0.05, 0) is 54.2 Å². The molecule has 0 aromatic carbocycles. The van der Waals surface area contributed by atoms with Gasteiger partial charge in [0.25, 0.3) is 0 Å². The minimum atomic E-state index is -3.41. The van der Waals surface area contributed by atoms with Gasteiger partial charge in [-0.25, -0.2) is 8.42 Å². The van der Waals surface area contributed by atoms with Crippen LogP contribution in [0.1, 0.15) is 38.5 Å². The molecule has 21 heavy (non-hydrogen) atoms. The van der Waals surface area contributed by atoms with Crippen molar-refractivity contribution in [2.24, 2.45) is 5.92 Å². The Morgan fingerprint density at radius 2 is 2.19 bits per heavy atom. The van der Waals surface area contributed by atoms with Crippen molar-refractivity contribution in [2.45, 2.75) is 51.1 Å². The van der Waals surface area contributed by atoms with Crippen molar-refractivity contribution in [3.05, 3.63) is 14.7 Å². The number of rotatable bonds is 5. The number of piperidine rings is 1. The van der Waals surface area contributed by atoms with Gasteiger partial charge in [0.1, 0.15) is 4.90 Å². The van der Waals surface area contributed by atoms with Crippen LogP contribution in [0, 0.1) is 5.92 Å². The summed E-state index contributed by atoms with van der Waals surface area (Å²) in [6, 6.07) is 1.87. The molecule has 0 amide bonds. The SMILES string of the molecule is CCNCc1cc(S(=O)(=O)N2CCCC(C)C2C)c(Br)s1. The fourth-order valence-electron chi connectivity index (χ4n) is 2.67. The van der Waals surface area contributed by atoms with Gasteiger partial charge in [-0.3, -0.25) is 0 Å². The molecule has 1 saturated heterocycles. The van der Waals surface area contributed by atoms with E-state index in [2.05, 4.69) is 28.2 Å². The Hall–Kier alpha value is 0.0500. The van der Waals surface area contributed by atoms with Crippen LogP contribution in [-0.4, -0.2) is 31.9 Å². The summed E-state index contributed by atoms with van der Waals surface area (Å²) in [6.07, 6.45) is 2.04. The highest BCUT2D eigenvalue weighted by atomic mass is 79.9. The van der Waals surface area contributed by atoms with E-state index in [4.69, 9.17) is 0 Å². The lowest BCUT2D eigenvalue weighted by Crippen LogP contribution is -2.45. The maximum Gasteiger partial charge on any atom is 0.245 e. The summed E-state index contributed by atoms with van der Waals surface area (Å²) in [5.74, 6) is 0.409. The van der Waals surface area contributed by atoms with Crippen molar-refractivity contribution in [3.63, 3.8) is 0 Å². The van der Waals surface area contributed by atoms with Crippen LogP contribution in [0.3, 0.4) is 0 Å². The minimum Gasteiger partial charge on any atom is -0.312 e. The van der Waals surface area contributed by atoms with Crippen LogP contribution >= 0.6 is 27.3 Å². The molecule has 2 rings (SSSR count). The smallest absolute Gasteiger partial charge is 0.245 e. The molecule has 2 unspecified atom stereocenters. The van der Waals surface area contributed by atoms with E-state index in [-0.39, 0.29) is 6.04 Å². The van der Waals surface area contributed by atoms with Crippen molar-refractivity contribution < 1.29 is 8.42 Å². The van der Waals surface area contributed by atoms with Crippen molar-refractivity contribution in [2.75, 3.05) is 13.1 Å². The summed E-state index contributed by atoms with van der Waals surface area (Å²) < 4.78 is 28.2. The van der Waals surface area contributed by atoms with E-state index in [1.165, 1.54) is 11.3 Å². The molecule has 4 nitrogen and oxygen atoms in total. The fourth-order valence-corrected chi connectivity index (χ4v) is 7.04. The molecule has 0 saturated carbocycles. The Morgan fingerprint density at radius 3 is 2.86 bits per heavy atom. The van der Waals surface area contributed by atoms with Gasteiger partial charge in [0.15, 0.2) is 0 Å². The number of hydrogen-bond acceptors (Lipinski definition) is 4. The standard InChI is InChI=1S/C14H23BrN2O2S2/c1-4-16-9-12-8-13(14(15)20-12)21(18,19)17-7-5-6-10(2)11(17)3/h8,10-11,16H,4-7,9H2,1-3H3. The third kappa shape index (κ3) is 3.69. The zero-order valence-electron chi connectivity index (χ0n) is 12.7. The van der Waals surface area contributed by atoms with E-state index in [9.17, 15) is 8.42 Å². The van der Waals surface area contributed by atoms with Crippen LogP contribution in [0.5, 0.6) is 0 Å². The van der Waals surface area contributed by atoms with E-state index in [0.29, 0.717) is 27.7 Å². The lowest BCUT2D eigenvalue weighted by Gasteiger charge is -2.36. The first-order valence-corrected chi connectivity index (χ1v) is 10.4. The highest BCUT2D eigenvalue weighted by Gasteiger charge is 2.36. The molecule has 0 spiro atoms. The van der Waals surface area contributed by atoms with Crippen molar-refractivity contribution >= 4 is 37.3 Å². The van der Waals surface area contributed by atoms with Crippen LogP contribution in [0.4, 0.5) is 0 Å². The highest BCUT2D eigenvalue weighted by molar-refractivity contribution is 9.11. The Bertz CT molecular complexity index is 586. The van der Waals surface area contributed by atoms with Crippen LogP contribution in [0.25, 0.3) is 0 Å². The Balaban J connectivity index is 2.28. The van der Waals surface area contributed by atoms with Gasteiger partial charge >= 0.3 is 0 Å². The van der Waals surface area contributed by atoms with Gasteiger partial charge < -0.3 is 5.32 Å². The van der Waals surface area contributed by atoms with Crippen LogP contribution in [0.15, 0.2) is 14.7 Å². The van der Waals surface area contributed by atoms with E-state index in [1.807, 2.05) is 13.8 Å². The van der Waals surface area contributed by atoms with E-state index in [0.717, 1.165) is 24.3 Å². The number of nitrogens with one attached hydrogen (secondary N) is 1. The molecule has 1 aromatic heterocycles. The van der Waals surface area contributed by atoms with Crippen LogP contribution in [-0.2, 0) is 16.6 Å². The van der Waals surface area contributed by atoms with Gasteiger partial charge in [-0.2, -0.15) is 4.31 Å². The molecule has 2 heterocycles. The summed E-state index contributed by atoms with van der Waals surface area (Å²) in [4.78, 5) is 1.46. The maximum absolute atomic E-state index is 12.9. The second-order valence-electron chi connectivity index (χ2n) is 5.61. The lowest BCUT2D eigenvalue weighted by molar-refractivity contribution is 0.202. The monoisotopic (exact) mass is 394 g/mol. The highest BCUT2D eigenvalue weighted by Crippen LogP contribution is 2.36. The molecule has 1 aliphatic heterocycles. The van der Waals surface area contributed by atoms with Crippen molar-refractivity contribution in [1.29, 1.82) is 0 Å². The average molecular weight is 395 g/mol. The summed E-state index contributed by atoms with van der Waals surface area (Å²) in [5, 5.41) is 3.23. The Morgan fingerprint density at radius 1 is 1.48 bits per heavy atom. The third-order valence-corrected chi connectivity index (χ3v) is 8.40. The molecule has 120 valence electrons. The number of nitrogens with zero attached hydrogens (tertiary/aromatic N) is 1. The van der Waals surface area contributed by atoms with E-state index >= 15 is 0 Å². The predicted octanol–water partition coefficient (Wildman–Crippen LogP) is 3.43. The summed E-state index contributed by atoms with van der Waals surface area (Å²) in [6.45, 7) is 8.39. The number of sulfonamides is 1. The first-order chi connectivity index (χ1) is 9.87. The molecular weight excluding hydrogens is 372 g/mol. The lowest BCUT2D eigenvalue weighted by atomic mass is 9.94. The Kier molecular flexibility index (Phi) is 5.87. The number of halogens is 1. The van der Waals surface area contributed by atoms with Gasteiger partial charge in [-0.15, -0.1) is 11.3 Å². The number of hydrogen-bond donors (Lipinski definition) is 1. The zero-order chi connectivity index (χ0) is 15.6. The maximum atomic E-state index is 12.9. The second-order valence-corrected chi connectivity index (χ2v) is 9.92. The van der Waals surface area contributed by atoms with Gasteiger partial charge in [0, 0.05) is 24.0 Å². The van der Waals surface area contributed by atoms with Gasteiger partial charge in [-0.1, -0.05) is 13.8 Å². The molecule has 7 heteroatoms. The quantitative estimate of drug-likeness (QED) is 0.831. The van der Waals surface area contributed by atoms with Crippen LogP contribution < -0.4 is 5.32 Å². The molecule has 1 N–H and O–H groups in total. The van der Waals surface area contributed by atoms with E-state index in [1.54, 1.807) is 10.4 Å². The molecule has 1 fully saturated rings. The average Bonchev–Trinajstić information content (AvgIpc) is 2.81. The second kappa shape index (κ2) is 7.08. The first-order valence-electron chi connectivity index (χ1n) is 7.38. The third-order valence-electron chi connectivity index (χ3n) is 4.16. The van der Waals surface area contributed by atoms with Gasteiger partial charge in [0.05, 0.1) is 3.79 Å². The van der Waals surface area contributed by atoms with Crippen molar-refractivity contribution in [1.82, 2.24) is 9.62 Å². The molecule has 1 aromatic rings. The fraction of sp³-hybridized carbons (Fsp3) is 0.714. The zero-order valence-corrected chi connectivity index (χ0v) is 15.9. The largest absolute Gasteiger partial charge is 0.312 e. The van der Waals surface area contributed by atoms with E-state index < -0.39 is 10.0 Å². The molecular formula is C14H23BrN2O2S2. The minimum absolute atomic E-state index is 0.0627. The summed E-state index contributed by atoms with van der Waals surface area (Å²) in [7, 11) is -3.41. The molecule has 1 aliphatic rings. The molecule has 0 bridgehead atoms. The predicted molar refractivity (Wildman–Crippen MR) is 91.2 cm³/mol. The van der Waals surface area contributed by atoms with Crippen molar-refractivity contribution in [3.8, 4) is 0 Å². The summed E-state index contributed by atoms with van der Waals surface area (Å²) >= 11 is 4.93. The Labute approximate surface area is 140 Å². The first kappa shape index (κ1) is 17.4. The molecule has 0 radical (unpaired) electrons. The number of thiophene rings is 1. The molecule has 2 atom stereocenters. The van der Waals surface area contributed by atoms with Crippen LogP contribution in [0.2, 0.25) is 0 Å². The summed E-state index contributed by atoms with van der Waals surface area (Å²) in [5.41, 5.74) is 0. The topological polar surface area (TPSA) is 49.4 Å². The van der Waals surface area contributed by atoms with Gasteiger partial charge in [0.2, 0.25) is 10.0 Å². The normalized spacial score (nSPS) is 24.4. The molecule has 0 aliphatic carbocycles.